The summed E-state index contributed by atoms with van der Waals surface area (Å²) in [5.74, 6) is -0.282. The van der Waals surface area contributed by atoms with Crippen LogP contribution in [0.1, 0.15) is 30.4 Å². The summed E-state index contributed by atoms with van der Waals surface area (Å²) in [5, 5.41) is 6.31. The van der Waals surface area contributed by atoms with Crippen LogP contribution in [0.2, 0.25) is 0 Å². The molecule has 162 valence electrons. The van der Waals surface area contributed by atoms with Crippen molar-refractivity contribution in [3.63, 3.8) is 0 Å². The van der Waals surface area contributed by atoms with Gasteiger partial charge in [-0.2, -0.15) is 0 Å². The predicted octanol–water partition coefficient (Wildman–Crippen LogP) is 4.42. The van der Waals surface area contributed by atoms with Gasteiger partial charge in [-0.1, -0.05) is 17.7 Å². The molecule has 0 unspecified atom stereocenters. The van der Waals surface area contributed by atoms with Crippen LogP contribution in [0.3, 0.4) is 0 Å². The fourth-order valence-corrected chi connectivity index (χ4v) is 3.99. The van der Waals surface area contributed by atoms with Crippen LogP contribution < -0.4 is 10.6 Å². The predicted molar refractivity (Wildman–Crippen MR) is 119 cm³/mol. The highest BCUT2D eigenvalue weighted by Gasteiger charge is 2.19. The Morgan fingerprint density at radius 1 is 1.03 bits per heavy atom. The minimum absolute atomic E-state index is 0.0672. The molecule has 0 radical (unpaired) electrons. The van der Waals surface area contributed by atoms with Gasteiger partial charge in [0.05, 0.1) is 0 Å². The average Bonchev–Trinajstić information content (AvgIpc) is 3.11. The fraction of sp³-hybridized carbons (Fsp3) is 0.333. The van der Waals surface area contributed by atoms with Crippen molar-refractivity contribution in [3.8, 4) is 0 Å². The third-order valence-electron chi connectivity index (χ3n) is 5.69. The van der Waals surface area contributed by atoms with Crippen molar-refractivity contribution in [2.45, 2.75) is 39.3 Å². The summed E-state index contributed by atoms with van der Waals surface area (Å²) in [6.07, 6.45) is 5.07. The summed E-state index contributed by atoms with van der Waals surface area (Å²) in [4.78, 5) is 26.9. The molecule has 2 heterocycles. The van der Waals surface area contributed by atoms with Gasteiger partial charge in [0.25, 0.3) is 0 Å². The molecule has 6 nitrogen and oxygen atoms in total. The van der Waals surface area contributed by atoms with Gasteiger partial charge in [0, 0.05) is 42.4 Å². The summed E-state index contributed by atoms with van der Waals surface area (Å²) >= 11 is 0. The SMILES string of the molecule is Cc1ccc(NC(=O)NCc2cn(CC(=O)N3CCCCC3)c3ccc(F)cc23)cc1. The second kappa shape index (κ2) is 9.20. The second-order valence-electron chi connectivity index (χ2n) is 8.06. The van der Waals surface area contributed by atoms with E-state index in [9.17, 15) is 14.0 Å². The first-order valence-electron chi connectivity index (χ1n) is 10.7. The van der Waals surface area contributed by atoms with Crippen molar-refractivity contribution in [2.24, 2.45) is 0 Å². The number of benzene rings is 2. The first-order valence-corrected chi connectivity index (χ1v) is 10.7. The van der Waals surface area contributed by atoms with Gasteiger partial charge in [-0.15, -0.1) is 0 Å². The zero-order chi connectivity index (χ0) is 21.8. The number of anilines is 1. The Labute approximate surface area is 181 Å². The van der Waals surface area contributed by atoms with Crippen molar-refractivity contribution in [3.05, 3.63) is 65.6 Å². The van der Waals surface area contributed by atoms with Crippen LogP contribution in [0.25, 0.3) is 10.9 Å². The van der Waals surface area contributed by atoms with Crippen molar-refractivity contribution in [2.75, 3.05) is 18.4 Å². The zero-order valence-corrected chi connectivity index (χ0v) is 17.7. The minimum atomic E-state index is -0.349. The molecular formula is C24H27FN4O2. The molecule has 3 amide bonds. The molecule has 2 aromatic carbocycles. The molecule has 0 aliphatic carbocycles. The number of aromatic nitrogens is 1. The normalized spacial score (nSPS) is 13.9. The van der Waals surface area contributed by atoms with Gasteiger partial charge < -0.3 is 20.1 Å². The average molecular weight is 423 g/mol. The third-order valence-corrected chi connectivity index (χ3v) is 5.69. The number of fused-ring (bicyclic) bond motifs is 1. The summed E-state index contributed by atoms with van der Waals surface area (Å²) < 4.78 is 15.8. The highest BCUT2D eigenvalue weighted by atomic mass is 19.1. The van der Waals surface area contributed by atoms with E-state index < -0.39 is 0 Å². The standard InChI is InChI=1S/C24H27FN4O2/c1-17-5-8-20(9-6-17)27-24(31)26-14-18-15-29(22-10-7-19(25)13-21(18)22)16-23(30)28-11-3-2-4-12-28/h5-10,13,15H,2-4,11-12,14,16H2,1H3,(H2,26,27,31). The van der Waals surface area contributed by atoms with E-state index in [1.807, 2.05) is 46.9 Å². The van der Waals surface area contributed by atoms with Crippen LogP contribution in [0, 0.1) is 12.7 Å². The Hall–Kier alpha value is -3.35. The van der Waals surface area contributed by atoms with E-state index in [-0.39, 0.29) is 30.8 Å². The quantitative estimate of drug-likeness (QED) is 0.639. The van der Waals surface area contributed by atoms with Gasteiger partial charge in [0.15, 0.2) is 0 Å². The third kappa shape index (κ3) is 5.05. The molecule has 1 fully saturated rings. The largest absolute Gasteiger partial charge is 0.341 e. The number of nitrogens with one attached hydrogen (secondary N) is 2. The van der Waals surface area contributed by atoms with E-state index in [0.29, 0.717) is 11.1 Å². The van der Waals surface area contributed by atoms with E-state index in [1.54, 1.807) is 6.07 Å². The van der Waals surface area contributed by atoms with Gasteiger partial charge in [-0.3, -0.25) is 4.79 Å². The Kier molecular flexibility index (Phi) is 6.21. The molecule has 1 aliphatic heterocycles. The number of aryl methyl sites for hydroxylation is 1. The molecule has 7 heteroatoms. The molecular weight excluding hydrogens is 395 g/mol. The van der Waals surface area contributed by atoms with Gasteiger partial charge in [0.1, 0.15) is 12.4 Å². The van der Waals surface area contributed by atoms with Crippen molar-refractivity contribution in [1.82, 2.24) is 14.8 Å². The van der Waals surface area contributed by atoms with E-state index in [1.165, 1.54) is 12.1 Å². The van der Waals surface area contributed by atoms with Crippen LogP contribution in [-0.2, 0) is 17.9 Å². The number of piperidine rings is 1. The second-order valence-corrected chi connectivity index (χ2v) is 8.06. The number of carbonyl (C=O) groups excluding carboxylic acids is 2. The summed E-state index contributed by atoms with van der Waals surface area (Å²) in [5.41, 5.74) is 3.35. The van der Waals surface area contributed by atoms with Crippen LogP contribution >= 0.6 is 0 Å². The van der Waals surface area contributed by atoms with Crippen LogP contribution in [0.4, 0.5) is 14.9 Å². The number of halogens is 1. The van der Waals surface area contributed by atoms with E-state index in [2.05, 4.69) is 10.6 Å². The Morgan fingerprint density at radius 2 is 1.77 bits per heavy atom. The number of carbonyl (C=O) groups is 2. The summed E-state index contributed by atoms with van der Waals surface area (Å²) in [6, 6.07) is 11.7. The van der Waals surface area contributed by atoms with Gasteiger partial charge >= 0.3 is 6.03 Å². The van der Waals surface area contributed by atoms with Crippen molar-refractivity contribution < 1.29 is 14.0 Å². The van der Waals surface area contributed by atoms with Crippen LogP contribution in [0.15, 0.2) is 48.7 Å². The Morgan fingerprint density at radius 3 is 2.52 bits per heavy atom. The number of nitrogens with zero attached hydrogens (tertiary/aromatic N) is 2. The number of amides is 3. The highest BCUT2D eigenvalue weighted by molar-refractivity contribution is 5.90. The first kappa shape index (κ1) is 20.9. The highest BCUT2D eigenvalue weighted by Crippen LogP contribution is 2.23. The number of likely N-dealkylation sites (tertiary alicyclic amines) is 1. The summed E-state index contributed by atoms with van der Waals surface area (Å²) in [6.45, 7) is 4.00. The molecule has 1 aromatic heterocycles. The molecule has 31 heavy (non-hydrogen) atoms. The monoisotopic (exact) mass is 422 g/mol. The lowest BCUT2D eigenvalue weighted by atomic mass is 10.1. The van der Waals surface area contributed by atoms with Gasteiger partial charge in [-0.25, -0.2) is 9.18 Å². The zero-order valence-electron chi connectivity index (χ0n) is 17.7. The maximum Gasteiger partial charge on any atom is 0.319 e. The van der Waals surface area contributed by atoms with Gasteiger partial charge in [0.2, 0.25) is 5.91 Å². The number of hydrogen-bond donors (Lipinski definition) is 2. The Bertz CT molecular complexity index is 1080. The number of rotatable bonds is 5. The fourth-order valence-electron chi connectivity index (χ4n) is 3.99. The Balaban J connectivity index is 1.47. The first-order chi connectivity index (χ1) is 15.0. The molecule has 4 rings (SSSR count). The van der Waals surface area contributed by atoms with E-state index >= 15 is 0 Å². The van der Waals surface area contributed by atoms with Crippen molar-refractivity contribution in [1.29, 1.82) is 0 Å². The topological polar surface area (TPSA) is 66.4 Å². The molecule has 1 saturated heterocycles. The molecule has 3 aromatic rings. The molecule has 0 saturated carbocycles. The van der Waals surface area contributed by atoms with Gasteiger partial charge in [-0.05, 0) is 62.1 Å². The van der Waals surface area contributed by atoms with E-state index in [0.717, 1.165) is 49.0 Å². The van der Waals surface area contributed by atoms with E-state index in [4.69, 9.17) is 0 Å². The number of hydrogen-bond acceptors (Lipinski definition) is 2. The maximum atomic E-state index is 13.9. The summed E-state index contributed by atoms with van der Waals surface area (Å²) in [7, 11) is 0. The smallest absolute Gasteiger partial charge is 0.319 e. The lowest BCUT2D eigenvalue weighted by Gasteiger charge is -2.27. The molecule has 2 N–H and O–H groups in total. The molecule has 0 bridgehead atoms. The number of urea groups is 1. The molecule has 0 atom stereocenters. The lowest BCUT2D eigenvalue weighted by Crippen LogP contribution is -2.37. The van der Waals surface area contributed by atoms with Crippen LogP contribution in [-0.4, -0.2) is 34.5 Å². The minimum Gasteiger partial charge on any atom is -0.341 e. The lowest BCUT2D eigenvalue weighted by molar-refractivity contribution is -0.132. The molecule has 1 aliphatic rings. The van der Waals surface area contributed by atoms with Crippen molar-refractivity contribution >= 4 is 28.5 Å². The maximum absolute atomic E-state index is 13.9. The van der Waals surface area contributed by atoms with Crippen LogP contribution in [0.5, 0.6) is 0 Å². The molecule has 0 spiro atoms.